The Morgan fingerprint density at radius 2 is 1.67 bits per heavy atom. The summed E-state index contributed by atoms with van der Waals surface area (Å²) >= 11 is 0. The standard InChI is InChI=1S/C24H23NO8/c1-2-29-21-15-17(10-11-19(21)32-14-13-30-18-7-4-3-5-8-18)24(28)33-16-22(26)25-23(27)20-9-6-12-31-20/h3-12,15H,2,13-14,16H2,1H3,(H,25,26,27). The third-order valence-corrected chi connectivity index (χ3v) is 4.16. The van der Waals surface area contributed by atoms with Crippen molar-refractivity contribution >= 4 is 17.8 Å². The monoisotopic (exact) mass is 453 g/mol. The Labute approximate surface area is 190 Å². The van der Waals surface area contributed by atoms with Gasteiger partial charge in [-0.2, -0.15) is 0 Å². The van der Waals surface area contributed by atoms with Crippen LogP contribution in [0, 0.1) is 0 Å². The summed E-state index contributed by atoms with van der Waals surface area (Å²) in [5, 5.41) is 2.07. The zero-order valence-electron chi connectivity index (χ0n) is 17.9. The lowest BCUT2D eigenvalue weighted by Gasteiger charge is -2.13. The van der Waals surface area contributed by atoms with Crippen LogP contribution < -0.4 is 19.5 Å². The number of carbonyl (C=O) groups is 3. The average Bonchev–Trinajstić information content (AvgIpc) is 3.37. The first-order chi connectivity index (χ1) is 16.1. The molecule has 0 atom stereocenters. The number of rotatable bonds is 11. The van der Waals surface area contributed by atoms with Gasteiger partial charge in [0.25, 0.3) is 11.8 Å². The second-order valence-electron chi connectivity index (χ2n) is 6.54. The van der Waals surface area contributed by atoms with E-state index in [9.17, 15) is 14.4 Å². The Bertz CT molecular complexity index is 1060. The highest BCUT2D eigenvalue weighted by Crippen LogP contribution is 2.29. The molecule has 0 aliphatic rings. The maximum absolute atomic E-state index is 12.3. The molecule has 9 nitrogen and oxygen atoms in total. The summed E-state index contributed by atoms with van der Waals surface area (Å²) in [5.74, 6) is -0.767. The van der Waals surface area contributed by atoms with Gasteiger partial charge in [0.1, 0.15) is 19.0 Å². The third kappa shape index (κ3) is 7.13. The van der Waals surface area contributed by atoms with Crippen molar-refractivity contribution in [2.45, 2.75) is 6.92 Å². The fraction of sp³-hybridized carbons (Fsp3) is 0.208. The van der Waals surface area contributed by atoms with Crippen molar-refractivity contribution < 1.29 is 37.7 Å². The fourth-order valence-electron chi connectivity index (χ4n) is 2.70. The molecule has 9 heteroatoms. The molecule has 2 amide bonds. The number of hydrogen-bond donors (Lipinski definition) is 1. The topological polar surface area (TPSA) is 113 Å². The largest absolute Gasteiger partial charge is 0.490 e. The van der Waals surface area contributed by atoms with Gasteiger partial charge in [0.05, 0.1) is 18.4 Å². The number of benzene rings is 2. The molecule has 0 unspecified atom stereocenters. The number of nitrogens with one attached hydrogen (secondary N) is 1. The van der Waals surface area contributed by atoms with Gasteiger partial charge in [-0.1, -0.05) is 18.2 Å². The molecule has 0 saturated carbocycles. The van der Waals surface area contributed by atoms with Gasteiger partial charge < -0.3 is 23.4 Å². The van der Waals surface area contributed by atoms with E-state index >= 15 is 0 Å². The van der Waals surface area contributed by atoms with Crippen molar-refractivity contribution in [2.24, 2.45) is 0 Å². The van der Waals surface area contributed by atoms with Crippen LogP contribution in [0.25, 0.3) is 0 Å². The number of esters is 1. The Kier molecular flexibility index (Phi) is 8.47. The number of ether oxygens (including phenoxy) is 4. The number of furan rings is 1. The van der Waals surface area contributed by atoms with Gasteiger partial charge in [0, 0.05) is 0 Å². The van der Waals surface area contributed by atoms with Gasteiger partial charge in [-0.15, -0.1) is 0 Å². The number of para-hydroxylation sites is 1. The maximum Gasteiger partial charge on any atom is 0.338 e. The van der Waals surface area contributed by atoms with E-state index < -0.39 is 24.4 Å². The molecule has 2 aromatic carbocycles. The van der Waals surface area contributed by atoms with E-state index in [-0.39, 0.29) is 17.9 Å². The predicted octanol–water partition coefficient (Wildman–Crippen LogP) is 3.25. The fourth-order valence-corrected chi connectivity index (χ4v) is 2.70. The summed E-state index contributed by atoms with van der Waals surface area (Å²) < 4.78 is 26.7. The molecular formula is C24H23NO8. The van der Waals surface area contributed by atoms with Crippen molar-refractivity contribution in [3.8, 4) is 17.2 Å². The third-order valence-electron chi connectivity index (χ3n) is 4.16. The zero-order chi connectivity index (χ0) is 23.5. The molecule has 1 N–H and O–H groups in total. The van der Waals surface area contributed by atoms with E-state index in [2.05, 4.69) is 5.32 Å². The molecule has 0 aliphatic carbocycles. The summed E-state index contributed by atoms with van der Waals surface area (Å²) in [6.07, 6.45) is 1.30. The second-order valence-corrected chi connectivity index (χ2v) is 6.54. The molecule has 1 heterocycles. The van der Waals surface area contributed by atoms with Crippen molar-refractivity contribution in [1.29, 1.82) is 0 Å². The van der Waals surface area contributed by atoms with Crippen molar-refractivity contribution in [1.82, 2.24) is 5.32 Å². The molecule has 0 radical (unpaired) electrons. The number of carbonyl (C=O) groups excluding carboxylic acids is 3. The van der Waals surface area contributed by atoms with Crippen molar-refractivity contribution in [3.05, 3.63) is 78.3 Å². The predicted molar refractivity (Wildman–Crippen MR) is 117 cm³/mol. The lowest BCUT2D eigenvalue weighted by Crippen LogP contribution is -2.33. The van der Waals surface area contributed by atoms with Gasteiger partial charge in [-0.05, 0) is 49.4 Å². The molecule has 3 rings (SSSR count). The number of hydrogen-bond acceptors (Lipinski definition) is 8. The molecular weight excluding hydrogens is 430 g/mol. The molecule has 0 saturated heterocycles. The van der Waals surface area contributed by atoms with Crippen LogP contribution in [-0.2, 0) is 9.53 Å². The van der Waals surface area contributed by atoms with Gasteiger partial charge in [0.15, 0.2) is 23.9 Å². The quantitative estimate of drug-likeness (QED) is 0.348. The minimum absolute atomic E-state index is 0.0270. The first-order valence-corrected chi connectivity index (χ1v) is 10.2. The van der Waals surface area contributed by atoms with E-state index in [1.807, 2.05) is 30.3 Å². The van der Waals surface area contributed by atoms with Crippen LogP contribution in [0.5, 0.6) is 17.2 Å². The Morgan fingerprint density at radius 3 is 2.39 bits per heavy atom. The molecule has 1 aromatic heterocycles. The molecule has 0 bridgehead atoms. The second kappa shape index (κ2) is 11.9. The molecule has 0 aliphatic heterocycles. The van der Waals surface area contributed by atoms with E-state index in [1.165, 1.54) is 30.5 Å². The van der Waals surface area contributed by atoms with Gasteiger partial charge in [-0.3, -0.25) is 14.9 Å². The van der Waals surface area contributed by atoms with E-state index in [0.29, 0.717) is 24.7 Å². The molecule has 33 heavy (non-hydrogen) atoms. The number of imide groups is 1. The highest BCUT2D eigenvalue weighted by atomic mass is 16.5. The minimum atomic E-state index is -0.784. The van der Waals surface area contributed by atoms with Crippen LogP contribution in [0.2, 0.25) is 0 Å². The lowest BCUT2D eigenvalue weighted by molar-refractivity contribution is -0.123. The Balaban J connectivity index is 1.50. The summed E-state index contributed by atoms with van der Waals surface area (Å²) in [5.41, 5.74) is 0.163. The van der Waals surface area contributed by atoms with Crippen LogP contribution in [0.15, 0.2) is 71.3 Å². The molecule has 172 valence electrons. The van der Waals surface area contributed by atoms with E-state index in [1.54, 1.807) is 13.0 Å². The molecule has 3 aromatic rings. The van der Waals surface area contributed by atoms with Crippen molar-refractivity contribution in [3.63, 3.8) is 0 Å². The van der Waals surface area contributed by atoms with E-state index in [4.69, 9.17) is 23.4 Å². The molecule has 0 spiro atoms. The zero-order valence-corrected chi connectivity index (χ0v) is 17.9. The van der Waals surface area contributed by atoms with Gasteiger partial charge >= 0.3 is 5.97 Å². The normalized spacial score (nSPS) is 10.2. The Hall–Kier alpha value is -4.27. The lowest BCUT2D eigenvalue weighted by atomic mass is 10.2. The van der Waals surface area contributed by atoms with Crippen LogP contribution in [0.1, 0.15) is 27.8 Å². The summed E-state index contributed by atoms with van der Waals surface area (Å²) in [6.45, 7) is 2.11. The van der Waals surface area contributed by atoms with Crippen LogP contribution in [0.3, 0.4) is 0 Å². The molecule has 0 fully saturated rings. The van der Waals surface area contributed by atoms with Crippen molar-refractivity contribution in [2.75, 3.05) is 26.4 Å². The summed E-state index contributed by atoms with van der Waals surface area (Å²) in [6, 6.07) is 16.8. The van der Waals surface area contributed by atoms with Crippen LogP contribution in [-0.4, -0.2) is 44.2 Å². The maximum atomic E-state index is 12.3. The van der Waals surface area contributed by atoms with Gasteiger partial charge in [0.2, 0.25) is 0 Å². The first kappa shape index (κ1) is 23.4. The van der Waals surface area contributed by atoms with Crippen LogP contribution >= 0.6 is 0 Å². The SMILES string of the molecule is CCOc1cc(C(=O)OCC(=O)NC(=O)c2ccco2)ccc1OCCOc1ccccc1. The van der Waals surface area contributed by atoms with Crippen LogP contribution in [0.4, 0.5) is 0 Å². The smallest absolute Gasteiger partial charge is 0.338 e. The van der Waals surface area contributed by atoms with E-state index in [0.717, 1.165) is 5.75 Å². The number of amides is 2. The summed E-state index contributed by atoms with van der Waals surface area (Å²) in [7, 11) is 0. The summed E-state index contributed by atoms with van der Waals surface area (Å²) in [4.78, 5) is 35.9. The Morgan fingerprint density at radius 1 is 0.879 bits per heavy atom. The van der Waals surface area contributed by atoms with Gasteiger partial charge in [-0.25, -0.2) is 4.79 Å². The highest BCUT2D eigenvalue weighted by Gasteiger charge is 2.17. The minimum Gasteiger partial charge on any atom is -0.490 e. The average molecular weight is 453 g/mol. The highest BCUT2D eigenvalue weighted by molar-refractivity contribution is 6.04. The first-order valence-electron chi connectivity index (χ1n) is 10.2.